The average molecular weight is 486 g/mol. The van der Waals surface area contributed by atoms with Crippen LogP contribution in [0.1, 0.15) is 49.0 Å². The van der Waals surface area contributed by atoms with Gasteiger partial charge in [0.1, 0.15) is 10.9 Å². The second-order valence-corrected chi connectivity index (χ2v) is 10.00. The molecule has 182 valence electrons. The van der Waals surface area contributed by atoms with E-state index in [2.05, 4.69) is 5.32 Å². The molecule has 2 aromatic carbocycles. The lowest BCUT2D eigenvalue weighted by atomic mass is 10.1. The van der Waals surface area contributed by atoms with Gasteiger partial charge in [-0.25, -0.2) is 12.7 Å². The van der Waals surface area contributed by atoms with Crippen molar-refractivity contribution in [3.63, 3.8) is 0 Å². The summed E-state index contributed by atoms with van der Waals surface area (Å²) in [5.41, 5.74) is 1.14. The Morgan fingerprint density at radius 1 is 1.03 bits per heavy atom. The van der Waals surface area contributed by atoms with Gasteiger partial charge in [0.05, 0.1) is 5.56 Å². The summed E-state index contributed by atoms with van der Waals surface area (Å²) in [4.78, 5) is 40.2. The van der Waals surface area contributed by atoms with Gasteiger partial charge in [0.2, 0.25) is 11.8 Å². The molecule has 34 heavy (non-hydrogen) atoms. The van der Waals surface area contributed by atoms with Gasteiger partial charge in [-0.05, 0) is 37.0 Å². The number of amides is 3. The molecule has 2 aromatic rings. The zero-order chi connectivity index (χ0) is 24.7. The third kappa shape index (κ3) is 5.47. The van der Waals surface area contributed by atoms with Crippen LogP contribution in [0.2, 0.25) is 0 Å². The number of carbonyl (C=O) groups excluding carboxylic acids is 3. The van der Waals surface area contributed by atoms with Gasteiger partial charge in [0, 0.05) is 26.1 Å². The predicted octanol–water partition coefficient (Wildman–Crippen LogP) is 2.60. The van der Waals surface area contributed by atoms with E-state index in [4.69, 9.17) is 0 Å². The minimum Gasteiger partial charge on any atom is -0.354 e. The first kappa shape index (κ1) is 25.4. The van der Waals surface area contributed by atoms with E-state index in [1.54, 1.807) is 12.1 Å². The molecule has 1 N–H and O–H groups in total. The molecule has 1 aliphatic heterocycles. The number of nitrogens with one attached hydrogen (secondary N) is 1. The zero-order valence-corrected chi connectivity index (χ0v) is 20.4. The average Bonchev–Trinajstić information content (AvgIpc) is 3.04. The lowest BCUT2D eigenvalue weighted by molar-refractivity contribution is -0.140. The Labute approximate surface area is 201 Å². The molecule has 0 saturated carbocycles. The number of sulfonamides is 1. The highest BCUT2D eigenvalue weighted by Crippen LogP contribution is 2.30. The van der Waals surface area contributed by atoms with Gasteiger partial charge in [-0.15, -0.1) is 0 Å². The molecule has 0 aliphatic carbocycles. The molecule has 0 aromatic heterocycles. The molecule has 0 spiro atoms. The van der Waals surface area contributed by atoms with Crippen LogP contribution in [0.5, 0.6) is 0 Å². The Morgan fingerprint density at radius 3 is 2.35 bits per heavy atom. The summed E-state index contributed by atoms with van der Waals surface area (Å²) >= 11 is 0. The van der Waals surface area contributed by atoms with Gasteiger partial charge in [-0.3, -0.25) is 14.4 Å². The number of carbonyl (C=O) groups is 3. The molecular formula is C25H31N3O5S. The van der Waals surface area contributed by atoms with Crippen molar-refractivity contribution in [1.82, 2.24) is 14.5 Å². The molecule has 1 heterocycles. The molecule has 3 amide bonds. The molecule has 1 atom stereocenters. The van der Waals surface area contributed by atoms with E-state index in [0.29, 0.717) is 25.9 Å². The van der Waals surface area contributed by atoms with Crippen LogP contribution in [0.4, 0.5) is 0 Å². The van der Waals surface area contributed by atoms with E-state index in [-0.39, 0.29) is 35.2 Å². The molecule has 8 nitrogen and oxygen atoms in total. The first-order valence-electron chi connectivity index (χ1n) is 11.6. The zero-order valence-electron chi connectivity index (χ0n) is 19.6. The molecule has 3 rings (SSSR count). The van der Waals surface area contributed by atoms with Crippen LogP contribution >= 0.6 is 0 Å². The van der Waals surface area contributed by atoms with Crippen molar-refractivity contribution >= 4 is 27.7 Å². The van der Waals surface area contributed by atoms with Crippen molar-refractivity contribution in [2.24, 2.45) is 0 Å². The van der Waals surface area contributed by atoms with E-state index < -0.39 is 22.0 Å². The largest absolute Gasteiger partial charge is 0.354 e. The summed E-state index contributed by atoms with van der Waals surface area (Å²) in [5, 5.41) is 2.85. The molecule has 0 fully saturated rings. The van der Waals surface area contributed by atoms with Crippen LogP contribution in [-0.4, -0.2) is 61.0 Å². The van der Waals surface area contributed by atoms with Crippen LogP contribution in [0, 0.1) is 0 Å². The fourth-order valence-corrected chi connectivity index (χ4v) is 5.62. The van der Waals surface area contributed by atoms with Gasteiger partial charge >= 0.3 is 0 Å². The highest BCUT2D eigenvalue weighted by atomic mass is 32.2. The van der Waals surface area contributed by atoms with Gasteiger partial charge in [0.25, 0.3) is 15.9 Å². The fourth-order valence-electron chi connectivity index (χ4n) is 4.05. The molecule has 9 heteroatoms. The Balaban J connectivity index is 1.76. The monoisotopic (exact) mass is 485 g/mol. The standard InChI is InChI=1S/C25H31N3O5S/c1-3-16-26-24(30)21(4-2)27(17-14-19-10-6-5-7-11-19)23(29)15-18-28-25(31)20-12-8-9-13-22(20)34(28,32)33/h5-13,21H,3-4,14-18H2,1-2H3,(H,26,30). The lowest BCUT2D eigenvalue weighted by Crippen LogP contribution is -2.50. The van der Waals surface area contributed by atoms with Crippen molar-refractivity contribution in [2.75, 3.05) is 19.6 Å². The highest BCUT2D eigenvalue weighted by molar-refractivity contribution is 7.90. The number of benzene rings is 2. The minimum absolute atomic E-state index is 0.0428. The smallest absolute Gasteiger partial charge is 0.269 e. The summed E-state index contributed by atoms with van der Waals surface area (Å²) in [7, 11) is -3.99. The molecule has 0 bridgehead atoms. The van der Waals surface area contributed by atoms with E-state index in [1.807, 2.05) is 44.2 Å². The maximum absolute atomic E-state index is 13.3. The molecule has 1 unspecified atom stereocenters. The van der Waals surface area contributed by atoms with Crippen LogP contribution in [0.3, 0.4) is 0 Å². The second-order valence-electron chi connectivity index (χ2n) is 8.17. The first-order chi connectivity index (χ1) is 16.3. The number of rotatable bonds is 11. The van der Waals surface area contributed by atoms with Crippen LogP contribution in [0.15, 0.2) is 59.5 Å². The number of nitrogens with zero attached hydrogens (tertiary/aromatic N) is 2. The van der Waals surface area contributed by atoms with E-state index in [0.717, 1.165) is 16.3 Å². The summed E-state index contributed by atoms with van der Waals surface area (Å²) in [6, 6.07) is 15.0. The van der Waals surface area contributed by atoms with Gasteiger partial charge < -0.3 is 10.2 Å². The minimum atomic E-state index is -3.99. The Morgan fingerprint density at radius 2 is 1.71 bits per heavy atom. The number of fused-ring (bicyclic) bond motifs is 1. The Bertz CT molecular complexity index is 1130. The number of hydrogen-bond donors (Lipinski definition) is 1. The maximum atomic E-state index is 13.3. The van der Waals surface area contributed by atoms with E-state index in [1.165, 1.54) is 17.0 Å². The molecular weight excluding hydrogens is 454 g/mol. The van der Waals surface area contributed by atoms with Crippen molar-refractivity contribution in [3.05, 3.63) is 65.7 Å². The van der Waals surface area contributed by atoms with Crippen LogP contribution < -0.4 is 5.32 Å². The molecule has 0 radical (unpaired) electrons. The maximum Gasteiger partial charge on any atom is 0.269 e. The highest BCUT2D eigenvalue weighted by Gasteiger charge is 2.41. The predicted molar refractivity (Wildman–Crippen MR) is 129 cm³/mol. The lowest BCUT2D eigenvalue weighted by Gasteiger charge is -2.31. The van der Waals surface area contributed by atoms with Gasteiger partial charge in [-0.2, -0.15) is 0 Å². The SMILES string of the molecule is CCCNC(=O)C(CC)N(CCc1ccccc1)C(=O)CCN1C(=O)c2ccccc2S1(=O)=O. The summed E-state index contributed by atoms with van der Waals surface area (Å²) < 4.78 is 26.4. The van der Waals surface area contributed by atoms with Gasteiger partial charge in [0.15, 0.2) is 0 Å². The molecule has 0 saturated heterocycles. The Hall–Kier alpha value is -3.20. The normalized spacial score (nSPS) is 15.0. The Kier molecular flexibility index (Phi) is 8.44. The van der Waals surface area contributed by atoms with Crippen LogP contribution in [-0.2, 0) is 26.0 Å². The summed E-state index contributed by atoms with van der Waals surface area (Å²) in [6.45, 7) is 4.33. The fraction of sp³-hybridized carbons (Fsp3) is 0.400. The third-order valence-electron chi connectivity index (χ3n) is 5.86. The molecule has 1 aliphatic rings. The number of hydrogen-bond acceptors (Lipinski definition) is 5. The first-order valence-corrected chi connectivity index (χ1v) is 13.0. The summed E-state index contributed by atoms with van der Waals surface area (Å²) in [6.07, 6.45) is 1.54. The van der Waals surface area contributed by atoms with E-state index >= 15 is 0 Å². The summed E-state index contributed by atoms with van der Waals surface area (Å²) in [5.74, 6) is -1.23. The van der Waals surface area contributed by atoms with Crippen LogP contribution in [0.25, 0.3) is 0 Å². The van der Waals surface area contributed by atoms with Crippen molar-refractivity contribution in [3.8, 4) is 0 Å². The van der Waals surface area contributed by atoms with E-state index in [9.17, 15) is 22.8 Å². The quantitative estimate of drug-likeness (QED) is 0.527. The third-order valence-corrected chi connectivity index (χ3v) is 7.70. The second kappa shape index (κ2) is 11.3. The van der Waals surface area contributed by atoms with Gasteiger partial charge in [-0.1, -0.05) is 56.3 Å². The topological polar surface area (TPSA) is 104 Å². The van der Waals surface area contributed by atoms with Crippen molar-refractivity contribution < 1.29 is 22.8 Å². The van der Waals surface area contributed by atoms with Crippen molar-refractivity contribution in [1.29, 1.82) is 0 Å². The van der Waals surface area contributed by atoms with Crippen molar-refractivity contribution in [2.45, 2.75) is 50.5 Å².